The van der Waals surface area contributed by atoms with Gasteiger partial charge in [-0.3, -0.25) is 0 Å². The van der Waals surface area contributed by atoms with Gasteiger partial charge in [0.05, 0.1) is 11.0 Å². The van der Waals surface area contributed by atoms with Gasteiger partial charge in [0.2, 0.25) is 5.89 Å². The van der Waals surface area contributed by atoms with Gasteiger partial charge in [-0.15, -0.1) is 0 Å². The molecule has 0 radical (unpaired) electrons. The molecule has 0 fully saturated rings. The Morgan fingerprint density at radius 1 is 0.420 bits per heavy atom. The van der Waals surface area contributed by atoms with E-state index in [0.717, 1.165) is 71.6 Å². The van der Waals surface area contributed by atoms with Gasteiger partial charge in [0.15, 0.2) is 23.1 Å². The molecule has 3 heterocycles. The molecule has 7 aromatic carbocycles. The minimum absolute atomic E-state index is 0.563. The van der Waals surface area contributed by atoms with Crippen LogP contribution in [-0.2, 0) is 0 Å². The molecule has 0 unspecified atom stereocenters. The lowest BCUT2D eigenvalue weighted by Gasteiger charge is -2.12. The van der Waals surface area contributed by atoms with Crippen LogP contribution in [-0.4, -0.2) is 24.5 Å². The van der Waals surface area contributed by atoms with E-state index in [1.165, 1.54) is 0 Å². The molecule has 0 aliphatic heterocycles. The Kier molecular flexibility index (Phi) is 6.39. The summed E-state index contributed by atoms with van der Waals surface area (Å²) in [5, 5.41) is 4.16. The molecule has 10 aromatic rings. The molecule has 0 saturated carbocycles. The monoisotopic (exact) mass is 641 g/mol. The molecule has 0 amide bonds. The molecule has 234 valence electrons. The summed E-state index contributed by atoms with van der Waals surface area (Å²) in [4.78, 5) is 20.3. The Morgan fingerprint density at radius 2 is 0.980 bits per heavy atom. The highest BCUT2D eigenvalue weighted by Crippen LogP contribution is 2.44. The number of hydrogen-bond acceptors (Lipinski definition) is 5. The Morgan fingerprint density at radius 3 is 1.64 bits per heavy atom. The van der Waals surface area contributed by atoms with E-state index >= 15 is 0 Å². The van der Waals surface area contributed by atoms with Gasteiger partial charge >= 0.3 is 0 Å². The zero-order valence-electron chi connectivity index (χ0n) is 26.7. The summed E-state index contributed by atoms with van der Waals surface area (Å²) in [5.74, 6) is 2.35. The van der Waals surface area contributed by atoms with Crippen molar-refractivity contribution in [3.63, 3.8) is 0 Å². The highest BCUT2D eigenvalue weighted by Gasteiger charge is 2.23. The molecule has 0 aliphatic rings. The second-order valence-electron chi connectivity index (χ2n) is 12.3. The zero-order chi connectivity index (χ0) is 33.0. The average molecular weight is 642 g/mol. The van der Waals surface area contributed by atoms with Gasteiger partial charge in [-0.25, -0.2) is 19.9 Å². The molecular formula is C44H27N5O. The van der Waals surface area contributed by atoms with Crippen LogP contribution in [0.1, 0.15) is 0 Å². The molecule has 0 atom stereocenters. The van der Waals surface area contributed by atoms with Crippen LogP contribution >= 0.6 is 0 Å². The van der Waals surface area contributed by atoms with Gasteiger partial charge in [0, 0.05) is 44.1 Å². The van der Waals surface area contributed by atoms with Gasteiger partial charge in [-0.2, -0.15) is 0 Å². The van der Waals surface area contributed by atoms with Crippen LogP contribution in [0.3, 0.4) is 0 Å². The third-order valence-electron chi connectivity index (χ3n) is 9.27. The second kappa shape index (κ2) is 11.4. The lowest BCUT2D eigenvalue weighted by Crippen LogP contribution is -2.00. The van der Waals surface area contributed by atoms with Crippen molar-refractivity contribution < 1.29 is 4.42 Å². The first-order valence-corrected chi connectivity index (χ1v) is 16.6. The fourth-order valence-corrected chi connectivity index (χ4v) is 7.02. The molecule has 6 heteroatoms. The lowest BCUT2D eigenvalue weighted by molar-refractivity contribution is 0.623. The molecule has 50 heavy (non-hydrogen) atoms. The average Bonchev–Trinajstić information content (AvgIpc) is 3.78. The highest BCUT2D eigenvalue weighted by molar-refractivity contribution is 6.29. The molecular weight excluding hydrogens is 615 g/mol. The van der Waals surface area contributed by atoms with Crippen molar-refractivity contribution in [3.8, 4) is 51.3 Å². The second-order valence-corrected chi connectivity index (χ2v) is 12.3. The van der Waals surface area contributed by atoms with Crippen molar-refractivity contribution in [2.75, 3.05) is 0 Å². The number of fused-ring (bicyclic) bond motifs is 7. The van der Waals surface area contributed by atoms with Crippen LogP contribution in [0.25, 0.3) is 95.0 Å². The lowest BCUT2D eigenvalue weighted by atomic mass is 9.98. The first-order chi connectivity index (χ1) is 24.8. The van der Waals surface area contributed by atoms with E-state index in [-0.39, 0.29) is 0 Å². The van der Waals surface area contributed by atoms with E-state index < -0.39 is 0 Å². The van der Waals surface area contributed by atoms with Gasteiger partial charge in [-0.1, -0.05) is 121 Å². The molecule has 6 nitrogen and oxygen atoms in total. The third kappa shape index (κ3) is 4.50. The van der Waals surface area contributed by atoms with Crippen molar-refractivity contribution in [2.24, 2.45) is 0 Å². The fourth-order valence-electron chi connectivity index (χ4n) is 7.02. The van der Waals surface area contributed by atoms with Gasteiger partial charge in [0.1, 0.15) is 5.52 Å². The third-order valence-corrected chi connectivity index (χ3v) is 9.27. The number of hydrogen-bond donors (Lipinski definition) is 0. The summed E-state index contributed by atoms with van der Waals surface area (Å²) in [7, 11) is 0. The van der Waals surface area contributed by atoms with Crippen LogP contribution in [0.4, 0.5) is 0 Å². The van der Waals surface area contributed by atoms with Crippen molar-refractivity contribution in [3.05, 3.63) is 164 Å². The SMILES string of the molecule is c1ccc(-c2nc(-c3ccccc3)nc(-c3cc4nc(-c5ccccc5)oc4c4c3ccc3c4c4ccccc4n3-c3ccccc3)n2)cc1. The van der Waals surface area contributed by atoms with Crippen molar-refractivity contribution >= 4 is 43.7 Å². The summed E-state index contributed by atoms with van der Waals surface area (Å²) in [6.07, 6.45) is 0. The maximum atomic E-state index is 6.74. The minimum atomic E-state index is 0.563. The largest absolute Gasteiger partial charge is 0.435 e. The predicted molar refractivity (Wildman–Crippen MR) is 201 cm³/mol. The number of rotatable bonds is 5. The normalized spacial score (nSPS) is 11.6. The van der Waals surface area contributed by atoms with Gasteiger partial charge in [0.25, 0.3) is 0 Å². The highest BCUT2D eigenvalue weighted by atomic mass is 16.3. The van der Waals surface area contributed by atoms with E-state index in [1.54, 1.807) is 0 Å². The van der Waals surface area contributed by atoms with Crippen LogP contribution in [0.15, 0.2) is 168 Å². The van der Waals surface area contributed by atoms with Crippen LogP contribution < -0.4 is 0 Å². The molecule has 10 rings (SSSR count). The zero-order valence-corrected chi connectivity index (χ0v) is 26.7. The van der Waals surface area contributed by atoms with Crippen LogP contribution in [0.5, 0.6) is 0 Å². The molecule has 0 spiro atoms. The summed E-state index contributed by atoms with van der Waals surface area (Å²) >= 11 is 0. The topological polar surface area (TPSA) is 69.6 Å². The number of para-hydroxylation sites is 2. The number of benzene rings is 7. The molecule has 0 saturated heterocycles. The Bertz CT molecular complexity index is 2790. The summed E-state index contributed by atoms with van der Waals surface area (Å²) in [5.41, 5.74) is 8.34. The van der Waals surface area contributed by atoms with Crippen molar-refractivity contribution in [1.82, 2.24) is 24.5 Å². The summed E-state index contributed by atoms with van der Waals surface area (Å²) in [6, 6.07) is 55.6. The van der Waals surface area contributed by atoms with E-state index in [4.69, 9.17) is 24.4 Å². The standard InChI is InChI=1S/C44H27N5O/c1-5-15-28(16-6-1)41-46-42(29-17-7-2-8-18-29)48-43(47-41)34-27-35-40(50-44(45-35)30-19-9-3-10-20-30)39-32(34)25-26-37-38(39)33-23-13-14-24-36(33)49(37)31-21-11-4-12-22-31/h1-27H. The Hall–Kier alpha value is -6.92. The van der Waals surface area contributed by atoms with Crippen molar-refractivity contribution in [2.45, 2.75) is 0 Å². The van der Waals surface area contributed by atoms with E-state index in [1.807, 2.05) is 97.1 Å². The molecule has 0 aliphatic carbocycles. The number of aromatic nitrogens is 5. The maximum Gasteiger partial charge on any atom is 0.227 e. The van der Waals surface area contributed by atoms with Crippen molar-refractivity contribution in [1.29, 1.82) is 0 Å². The van der Waals surface area contributed by atoms with Crippen LogP contribution in [0, 0.1) is 0 Å². The summed E-state index contributed by atoms with van der Waals surface area (Å²) in [6.45, 7) is 0. The van der Waals surface area contributed by atoms with Gasteiger partial charge < -0.3 is 8.98 Å². The first kappa shape index (κ1) is 28.1. The van der Waals surface area contributed by atoms with E-state index in [2.05, 4.69) is 71.3 Å². The van der Waals surface area contributed by atoms with Crippen LogP contribution in [0.2, 0.25) is 0 Å². The maximum absolute atomic E-state index is 6.74. The Labute approximate surface area is 287 Å². The first-order valence-electron chi connectivity index (χ1n) is 16.6. The molecule has 3 aromatic heterocycles. The Balaban J connectivity index is 1.35. The predicted octanol–water partition coefficient (Wildman–Crippen LogP) is 10.9. The fraction of sp³-hybridized carbons (Fsp3) is 0. The smallest absolute Gasteiger partial charge is 0.227 e. The molecule has 0 bridgehead atoms. The summed E-state index contributed by atoms with van der Waals surface area (Å²) < 4.78 is 9.06. The minimum Gasteiger partial charge on any atom is -0.435 e. The molecule has 0 N–H and O–H groups in total. The van der Waals surface area contributed by atoms with E-state index in [9.17, 15) is 0 Å². The van der Waals surface area contributed by atoms with Gasteiger partial charge in [-0.05, 0) is 47.9 Å². The van der Waals surface area contributed by atoms with E-state index in [0.29, 0.717) is 23.4 Å². The number of oxazole rings is 1. The number of nitrogens with zero attached hydrogens (tertiary/aromatic N) is 5. The quantitative estimate of drug-likeness (QED) is 0.187.